The highest BCUT2D eigenvalue weighted by atomic mass is 127. The van der Waals surface area contributed by atoms with Crippen molar-refractivity contribution in [3.05, 3.63) is 63.9 Å². The predicted octanol–water partition coefficient (Wildman–Crippen LogP) is 5.60. The predicted molar refractivity (Wildman–Crippen MR) is 106 cm³/mol. The van der Waals surface area contributed by atoms with Crippen LogP contribution in [0, 0.1) is 3.57 Å². The van der Waals surface area contributed by atoms with Crippen molar-refractivity contribution in [1.82, 2.24) is 9.97 Å². The van der Waals surface area contributed by atoms with E-state index in [0.717, 1.165) is 9.77 Å². The second kappa shape index (κ2) is 7.99. The molecule has 0 amide bonds. The molecule has 2 aromatic carbocycles. The molecule has 1 aromatic heterocycles. The van der Waals surface area contributed by atoms with E-state index in [4.69, 9.17) is 4.74 Å². The summed E-state index contributed by atoms with van der Waals surface area (Å²) in [7, 11) is 1.55. The number of para-hydroxylation sites is 1. The number of rotatable bonds is 5. The van der Waals surface area contributed by atoms with Crippen LogP contribution in [0.1, 0.15) is 5.56 Å². The lowest BCUT2D eigenvalue weighted by molar-refractivity contribution is -0.137. The molecule has 0 bridgehead atoms. The van der Waals surface area contributed by atoms with Crippen molar-refractivity contribution in [3.8, 4) is 5.75 Å². The van der Waals surface area contributed by atoms with E-state index < -0.39 is 11.7 Å². The fraction of sp³-hybridized carbons (Fsp3) is 0.111. The van der Waals surface area contributed by atoms with Gasteiger partial charge in [-0.2, -0.15) is 18.2 Å². The summed E-state index contributed by atoms with van der Waals surface area (Å²) in [6, 6.07) is 13.9. The molecule has 0 saturated heterocycles. The molecule has 9 heteroatoms. The van der Waals surface area contributed by atoms with Gasteiger partial charge in [0, 0.05) is 15.5 Å². The van der Waals surface area contributed by atoms with E-state index in [1.54, 1.807) is 55.6 Å². The quantitative estimate of drug-likeness (QED) is 0.461. The van der Waals surface area contributed by atoms with E-state index in [1.807, 2.05) is 22.6 Å². The summed E-state index contributed by atoms with van der Waals surface area (Å²) >= 11 is 2.04. The van der Waals surface area contributed by atoms with Gasteiger partial charge < -0.3 is 15.4 Å². The first-order valence-corrected chi connectivity index (χ1v) is 8.81. The standard InChI is InChI=1S/C18H14F3IN4O/c1-27-12-8-6-11(7-9-12)24-17-23-10-13(18(19,20)21)16(26-17)25-15-5-3-2-4-14(15)22/h2-10H,1H3,(H2,23,24,25,26). The number of benzene rings is 2. The molecule has 3 rings (SSSR count). The topological polar surface area (TPSA) is 59.1 Å². The van der Waals surface area contributed by atoms with Gasteiger partial charge in [0.2, 0.25) is 5.95 Å². The summed E-state index contributed by atoms with van der Waals surface area (Å²) in [6.07, 6.45) is -3.82. The van der Waals surface area contributed by atoms with Crippen molar-refractivity contribution >= 4 is 45.7 Å². The van der Waals surface area contributed by atoms with Gasteiger partial charge in [-0.25, -0.2) is 4.98 Å². The van der Waals surface area contributed by atoms with Crippen LogP contribution in [0.3, 0.4) is 0 Å². The van der Waals surface area contributed by atoms with Gasteiger partial charge in [0.1, 0.15) is 17.1 Å². The van der Waals surface area contributed by atoms with Crippen LogP contribution in [0.4, 0.5) is 36.3 Å². The van der Waals surface area contributed by atoms with Crippen LogP contribution in [-0.4, -0.2) is 17.1 Å². The average molecular weight is 486 g/mol. The molecule has 0 unspecified atom stereocenters. The Morgan fingerprint density at radius 3 is 2.33 bits per heavy atom. The van der Waals surface area contributed by atoms with E-state index in [9.17, 15) is 13.2 Å². The number of methoxy groups -OCH3 is 1. The van der Waals surface area contributed by atoms with E-state index in [1.165, 1.54) is 0 Å². The Labute approximate surface area is 167 Å². The van der Waals surface area contributed by atoms with Gasteiger partial charge in [0.15, 0.2) is 0 Å². The molecule has 27 heavy (non-hydrogen) atoms. The molecular formula is C18H14F3IN4O. The summed E-state index contributed by atoms with van der Waals surface area (Å²) in [5, 5.41) is 5.64. The molecule has 140 valence electrons. The largest absolute Gasteiger partial charge is 0.497 e. The van der Waals surface area contributed by atoms with Crippen LogP contribution in [0.5, 0.6) is 5.75 Å². The number of nitrogens with zero attached hydrogens (tertiary/aromatic N) is 2. The number of anilines is 4. The fourth-order valence-corrected chi connectivity index (χ4v) is 2.76. The van der Waals surface area contributed by atoms with Crippen LogP contribution >= 0.6 is 22.6 Å². The van der Waals surface area contributed by atoms with Gasteiger partial charge in [0.25, 0.3) is 0 Å². The first-order valence-electron chi connectivity index (χ1n) is 7.73. The Hall–Kier alpha value is -2.56. The Bertz CT molecular complexity index is 933. The van der Waals surface area contributed by atoms with Crippen molar-refractivity contribution in [2.24, 2.45) is 0 Å². The minimum atomic E-state index is -4.58. The van der Waals surface area contributed by atoms with Crippen molar-refractivity contribution in [2.75, 3.05) is 17.7 Å². The zero-order chi connectivity index (χ0) is 19.4. The lowest BCUT2D eigenvalue weighted by atomic mass is 10.2. The third kappa shape index (κ3) is 4.79. The van der Waals surface area contributed by atoms with Crippen LogP contribution in [0.2, 0.25) is 0 Å². The number of aromatic nitrogens is 2. The maximum Gasteiger partial charge on any atom is 0.421 e. The molecule has 0 atom stereocenters. The van der Waals surface area contributed by atoms with E-state index in [0.29, 0.717) is 17.1 Å². The zero-order valence-electron chi connectivity index (χ0n) is 14.0. The van der Waals surface area contributed by atoms with Crippen LogP contribution in [0.15, 0.2) is 54.7 Å². The van der Waals surface area contributed by atoms with Crippen molar-refractivity contribution in [1.29, 1.82) is 0 Å². The van der Waals surface area contributed by atoms with Crippen LogP contribution < -0.4 is 15.4 Å². The maximum absolute atomic E-state index is 13.3. The monoisotopic (exact) mass is 486 g/mol. The number of hydrogen-bond acceptors (Lipinski definition) is 5. The molecule has 0 spiro atoms. The van der Waals surface area contributed by atoms with E-state index in [2.05, 4.69) is 20.6 Å². The van der Waals surface area contributed by atoms with Crippen molar-refractivity contribution in [3.63, 3.8) is 0 Å². The van der Waals surface area contributed by atoms with Gasteiger partial charge in [0.05, 0.1) is 12.8 Å². The van der Waals surface area contributed by atoms with Gasteiger partial charge in [-0.3, -0.25) is 0 Å². The fourth-order valence-electron chi connectivity index (χ4n) is 2.24. The van der Waals surface area contributed by atoms with Gasteiger partial charge in [-0.15, -0.1) is 0 Å². The van der Waals surface area contributed by atoms with E-state index in [-0.39, 0.29) is 11.8 Å². The molecule has 2 N–H and O–H groups in total. The van der Waals surface area contributed by atoms with Gasteiger partial charge >= 0.3 is 6.18 Å². The lowest BCUT2D eigenvalue weighted by Crippen LogP contribution is -2.13. The highest BCUT2D eigenvalue weighted by Gasteiger charge is 2.35. The normalized spacial score (nSPS) is 11.1. The molecular weight excluding hydrogens is 472 g/mol. The molecule has 0 saturated carbocycles. The molecule has 3 aromatic rings. The minimum absolute atomic E-state index is 0.0432. The van der Waals surface area contributed by atoms with Crippen LogP contribution in [-0.2, 0) is 6.18 Å². The first kappa shape index (κ1) is 19.2. The third-order valence-corrected chi connectivity index (χ3v) is 4.51. The molecule has 0 radical (unpaired) electrons. The highest BCUT2D eigenvalue weighted by molar-refractivity contribution is 14.1. The van der Waals surface area contributed by atoms with Gasteiger partial charge in [-0.05, 0) is 59.0 Å². The summed E-state index contributed by atoms with van der Waals surface area (Å²) in [4.78, 5) is 7.82. The second-order valence-electron chi connectivity index (χ2n) is 5.41. The zero-order valence-corrected chi connectivity index (χ0v) is 16.2. The van der Waals surface area contributed by atoms with Crippen molar-refractivity contribution < 1.29 is 17.9 Å². The lowest BCUT2D eigenvalue weighted by Gasteiger charge is -2.15. The summed E-state index contributed by atoms with van der Waals surface area (Å²) in [5.41, 5.74) is 0.205. The first-order chi connectivity index (χ1) is 12.9. The average Bonchev–Trinajstić information content (AvgIpc) is 2.63. The number of alkyl halides is 3. The number of nitrogens with one attached hydrogen (secondary N) is 2. The molecule has 0 fully saturated rings. The van der Waals surface area contributed by atoms with Gasteiger partial charge in [-0.1, -0.05) is 12.1 Å². The van der Waals surface area contributed by atoms with Crippen LogP contribution in [0.25, 0.3) is 0 Å². The molecule has 1 heterocycles. The summed E-state index contributed by atoms with van der Waals surface area (Å²) in [5.74, 6) is 0.383. The minimum Gasteiger partial charge on any atom is -0.497 e. The summed E-state index contributed by atoms with van der Waals surface area (Å²) < 4.78 is 45.9. The highest BCUT2D eigenvalue weighted by Crippen LogP contribution is 2.36. The number of ether oxygens (including phenoxy) is 1. The second-order valence-corrected chi connectivity index (χ2v) is 6.57. The SMILES string of the molecule is COc1ccc(Nc2ncc(C(F)(F)F)c(Nc3ccccc3I)n2)cc1. The molecule has 0 aliphatic rings. The molecule has 0 aliphatic carbocycles. The Morgan fingerprint density at radius 1 is 1.00 bits per heavy atom. The smallest absolute Gasteiger partial charge is 0.421 e. The third-order valence-electron chi connectivity index (χ3n) is 3.57. The maximum atomic E-state index is 13.3. The Balaban J connectivity index is 1.93. The molecule has 5 nitrogen and oxygen atoms in total. The number of halogens is 4. The Kier molecular flexibility index (Phi) is 5.68. The molecule has 0 aliphatic heterocycles. The summed E-state index contributed by atoms with van der Waals surface area (Å²) in [6.45, 7) is 0. The Morgan fingerprint density at radius 2 is 1.70 bits per heavy atom. The number of hydrogen-bond donors (Lipinski definition) is 2. The van der Waals surface area contributed by atoms with Crippen molar-refractivity contribution in [2.45, 2.75) is 6.18 Å². The van der Waals surface area contributed by atoms with E-state index >= 15 is 0 Å².